The summed E-state index contributed by atoms with van der Waals surface area (Å²) in [5.74, 6) is 0. The van der Waals surface area contributed by atoms with Gasteiger partial charge in [-0.3, -0.25) is 0 Å². The summed E-state index contributed by atoms with van der Waals surface area (Å²) in [5, 5.41) is 11.3. The van der Waals surface area contributed by atoms with Crippen LogP contribution >= 0.6 is 0 Å². The van der Waals surface area contributed by atoms with Crippen LogP contribution in [0.1, 0.15) is 6.29 Å². The zero-order valence-electron chi connectivity index (χ0n) is 14.9. The van der Waals surface area contributed by atoms with Crippen molar-refractivity contribution in [3.05, 3.63) is 36.8 Å². The van der Waals surface area contributed by atoms with Gasteiger partial charge in [-0.15, -0.1) is 0 Å². The second-order valence-electron chi connectivity index (χ2n) is 6.06. The molecule has 0 atom stereocenters. The van der Waals surface area contributed by atoms with Crippen molar-refractivity contribution in [2.24, 2.45) is 0 Å². The van der Waals surface area contributed by atoms with Crippen molar-refractivity contribution < 1.29 is 25.3 Å². The molecular formula is C13H16N6O6S3. The molecule has 0 saturated carbocycles. The molecule has 0 fully saturated rings. The molecule has 152 valence electrons. The van der Waals surface area contributed by atoms with Crippen molar-refractivity contribution >= 4 is 29.5 Å². The SMILES string of the molecule is CS(=O)(=O)c1ccn(C(n2ccc(S(C)(=O)=O)n2)n2ccc(S(C)(=O)=O)n2)n1. The zero-order chi connectivity index (χ0) is 20.9. The van der Waals surface area contributed by atoms with Gasteiger partial charge >= 0.3 is 0 Å². The summed E-state index contributed by atoms with van der Waals surface area (Å²) in [6.45, 7) is 0. The van der Waals surface area contributed by atoms with E-state index in [9.17, 15) is 25.3 Å². The molecule has 12 nitrogen and oxygen atoms in total. The number of aromatic nitrogens is 6. The van der Waals surface area contributed by atoms with Gasteiger partial charge < -0.3 is 0 Å². The number of hydrogen-bond donors (Lipinski definition) is 0. The highest BCUT2D eigenvalue weighted by molar-refractivity contribution is 7.91. The first-order valence-electron chi connectivity index (χ1n) is 7.52. The molecular weight excluding hydrogens is 432 g/mol. The van der Waals surface area contributed by atoms with E-state index < -0.39 is 35.8 Å². The van der Waals surface area contributed by atoms with E-state index >= 15 is 0 Å². The Bertz CT molecular complexity index is 1180. The summed E-state index contributed by atoms with van der Waals surface area (Å²) in [6.07, 6.45) is 5.89. The summed E-state index contributed by atoms with van der Waals surface area (Å²) >= 11 is 0. The maximum absolute atomic E-state index is 11.7. The third-order valence-electron chi connectivity index (χ3n) is 3.60. The lowest BCUT2D eigenvalue weighted by Crippen LogP contribution is -2.28. The Balaban J connectivity index is 2.18. The Labute approximate surface area is 161 Å². The summed E-state index contributed by atoms with van der Waals surface area (Å²) in [6, 6.07) is 3.76. The fourth-order valence-electron chi connectivity index (χ4n) is 2.30. The summed E-state index contributed by atoms with van der Waals surface area (Å²) < 4.78 is 73.9. The Kier molecular flexibility index (Phi) is 4.71. The smallest absolute Gasteiger partial charge is 0.226 e. The van der Waals surface area contributed by atoms with Crippen molar-refractivity contribution in [3.63, 3.8) is 0 Å². The fourth-order valence-corrected chi connectivity index (χ4v) is 3.96. The minimum atomic E-state index is -3.60. The van der Waals surface area contributed by atoms with Crippen LogP contribution in [0.25, 0.3) is 0 Å². The Morgan fingerprint density at radius 3 is 1.04 bits per heavy atom. The maximum atomic E-state index is 11.7. The van der Waals surface area contributed by atoms with Crippen molar-refractivity contribution in [2.75, 3.05) is 18.8 Å². The van der Waals surface area contributed by atoms with Crippen molar-refractivity contribution in [3.8, 4) is 0 Å². The second-order valence-corrected chi connectivity index (χ2v) is 12.0. The highest BCUT2D eigenvalue weighted by Crippen LogP contribution is 2.18. The van der Waals surface area contributed by atoms with Gasteiger partial charge in [0.05, 0.1) is 0 Å². The molecule has 0 radical (unpaired) electrons. The summed E-state index contributed by atoms with van der Waals surface area (Å²) in [4.78, 5) is 0. The molecule has 0 aliphatic carbocycles. The average molecular weight is 449 g/mol. The van der Waals surface area contributed by atoms with E-state index in [4.69, 9.17) is 0 Å². The van der Waals surface area contributed by atoms with E-state index in [-0.39, 0.29) is 15.1 Å². The minimum Gasteiger partial charge on any atom is -0.226 e. The molecule has 0 aromatic carbocycles. The minimum absolute atomic E-state index is 0.219. The number of rotatable bonds is 6. The van der Waals surface area contributed by atoms with Crippen molar-refractivity contribution in [2.45, 2.75) is 21.4 Å². The Morgan fingerprint density at radius 2 is 0.857 bits per heavy atom. The van der Waals surface area contributed by atoms with Crippen LogP contribution in [0.3, 0.4) is 0 Å². The third kappa shape index (κ3) is 4.00. The number of hydrogen-bond acceptors (Lipinski definition) is 9. The van der Waals surface area contributed by atoms with Crippen molar-refractivity contribution in [1.82, 2.24) is 29.3 Å². The molecule has 0 spiro atoms. The fraction of sp³-hybridized carbons (Fsp3) is 0.308. The zero-order valence-corrected chi connectivity index (χ0v) is 17.3. The van der Waals surface area contributed by atoms with Crippen LogP contribution in [0.5, 0.6) is 0 Å². The molecule has 0 unspecified atom stereocenters. The normalized spacial score (nSPS) is 13.3. The molecule has 0 bridgehead atoms. The first kappa shape index (κ1) is 20.2. The van der Waals surface area contributed by atoms with Crippen LogP contribution in [0.4, 0.5) is 0 Å². The molecule has 15 heteroatoms. The standard InChI is InChI=1S/C13H16N6O6S3/c1-26(20,21)10-4-7-17(14-10)13(18-8-5-11(15-18)27(2,22)23)19-9-6-12(16-19)28(3,24)25/h4-9,13H,1-3H3. The molecule has 0 aliphatic rings. The molecule has 0 aliphatic heterocycles. The molecule has 3 aromatic rings. The topological polar surface area (TPSA) is 156 Å². The van der Waals surface area contributed by atoms with Gasteiger partial charge in [0.2, 0.25) is 6.29 Å². The third-order valence-corrected chi connectivity index (χ3v) is 6.53. The van der Waals surface area contributed by atoms with E-state index in [1.807, 2.05) is 0 Å². The highest BCUT2D eigenvalue weighted by atomic mass is 32.2. The first-order chi connectivity index (χ1) is 12.8. The molecule has 0 saturated heterocycles. The molecule has 3 heterocycles. The predicted molar refractivity (Wildman–Crippen MR) is 95.8 cm³/mol. The molecule has 3 rings (SSSR count). The predicted octanol–water partition coefficient (Wildman–Crippen LogP) is -0.961. The van der Waals surface area contributed by atoms with Crippen molar-refractivity contribution in [1.29, 1.82) is 0 Å². The average Bonchev–Trinajstić information content (AvgIpc) is 3.26. The van der Waals surface area contributed by atoms with Gasteiger partial charge in [-0.2, -0.15) is 15.3 Å². The number of nitrogens with zero attached hydrogens (tertiary/aromatic N) is 6. The quantitative estimate of drug-likeness (QED) is 0.463. The molecule has 0 N–H and O–H groups in total. The van der Waals surface area contributed by atoms with Gasteiger partial charge in [0.1, 0.15) is 0 Å². The lowest BCUT2D eigenvalue weighted by molar-refractivity contribution is 0.275. The van der Waals surface area contributed by atoms with Crippen LogP contribution in [0, 0.1) is 0 Å². The van der Waals surface area contributed by atoms with Gasteiger partial charge in [-0.25, -0.2) is 39.3 Å². The lowest BCUT2D eigenvalue weighted by Gasteiger charge is -2.18. The lowest BCUT2D eigenvalue weighted by atomic mass is 10.7. The molecule has 28 heavy (non-hydrogen) atoms. The van der Waals surface area contributed by atoms with Crippen LogP contribution in [-0.2, 0) is 29.5 Å². The maximum Gasteiger partial charge on any atom is 0.238 e. The van der Waals surface area contributed by atoms with Crippen LogP contribution in [0.15, 0.2) is 51.9 Å². The van der Waals surface area contributed by atoms with E-state index in [1.165, 1.54) is 50.8 Å². The Hall–Kier alpha value is -2.52. The van der Waals surface area contributed by atoms with Gasteiger partial charge in [-0.05, 0) is 18.2 Å². The van der Waals surface area contributed by atoms with Gasteiger partial charge in [0.25, 0.3) is 0 Å². The molecule has 0 amide bonds. The van der Waals surface area contributed by atoms with E-state index in [0.29, 0.717) is 0 Å². The second kappa shape index (κ2) is 6.52. The number of sulfone groups is 3. The van der Waals surface area contributed by atoms with Gasteiger partial charge in [0.15, 0.2) is 44.6 Å². The van der Waals surface area contributed by atoms with Gasteiger partial charge in [-0.1, -0.05) is 0 Å². The first-order valence-corrected chi connectivity index (χ1v) is 13.2. The van der Waals surface area contributed by atoms with E-state index in [1.54, 1.807) is 0 Å². The summed E-state index contributed by atoms with van der Waals surface area (Å²) in [5.41, 5.74) is 0. The monoisotopic (exact) mass is 448 g/mol. The van der Waals surface area contributed by atoms with Crippen LogP contribution < -0.4 is 0 Å². The van der Waals surface area contributed by atoms with Crippen LogP contribution in [-0.4, -0.2) is 73.4 Å². The molecule has 3 aromatic heterocycles. The Morgan fingerprint density at radius 1 is 0.607 bits per heavy atom. The van der Waals surface area contributed by atoms with E-state index in [2.05, 4.69) is 15.3 Å². The van der Waals surface area contributed by atoms with E-state index in [0.717, 1.165) is 18.8 Å². The highest BCUT2D eigenvalue weighted by Gasteiger charge is 2.24. The summed E-state index contributed by atoms with van der Waals surface area (Å²) in [7, 11) is -10.8. The van der Waals surface area contributed by atoms with Crippen LogP contribution in [0.2, 0.25) is 0 Å². The largest absolute Gasteiger partial charge is 0.238 e. The van der Waals surface area contributed by atoms with Gasteiger partial charge in [0, 0.05) is 37.4 Å².